The Hall–Kier alpha value is -1.73. The zero-order valence-corrected chi connectivity index (χ0v) is 13.6. The lowest BCUT2D eigenvalue weighted by atomic mass is 9.76. The first-order valence-electron chi connectivity index (χ1n) is 7.56. The number of hydrogen-bond donors (Lipinski definition) is 1. The highest BCUT2D eigenvalue weighted by atomic mass is 32.2. The molecule has 0 aromatic heterocycles. The monoisotopic (exact) mass is 338 g/mol. The highest BCUT2D eigenvalue weighted by Crippen LogP contribution is 2.39. The van der Waals surface area contributed by atoms with Crippen LogP contribution in [0.3, 0.4) is 0 Å². The Balaban J connectivity index is 1.57. The van der Waals surface area contributed by atoms with Gasteiger partial charge in [0.1, 0.15) is 5.82 Å². The Morgan fingerprint density at radius 3 is 2.70 bits per heavy atom. The Kier molecular flexibility index (Phi) is 4.25. The number of nitrogens with zero attached hydrogens (tertiary/aromatic N) is 1. The van der Waals surface area contributed by atoms with E-state index in [1.54, 1.807) is 30.2 Å². The molecule has 0 spiro atoms. The second kappa shape index (κ2) is 6.05. The summed E-state index contributed by atoms with van der Waals surface area (Å²) in [4.78, 5) is 13.1. The van der Waals surface area contributed by atoms with E-state index < -0.39 is 15.3 Å². The van der Waals surface area contributed by atoms with Crippen molar-refractivity contribution in [2.45, 2.75) is 24.1 Å². The van der Waals surface area contributed by atoms with Gasteiger partial charge < -0.3 is 4.90 Å². The summed E-state index contributed by atoms with van der Waals surface area (Å²) in [6.07, 6.45) is 4.12. The Morgan fingerprint density at radius 2 is 2.00 bits per heavy atom. The van der Waals surface area contributed by atoms with Gasteiger partial charge in [0.2, 0.25) is 15.9 Å². The van der Waals surface area contributed by atoms with E-state index in [0.717, 1.165) is 5.56 Å². The van der Waals surface area contributed by atoms with Gasteiger partial charge in [-0.2, -0.15) is 0 Å². The van der Waals surface area contributed by atoms with Crippen molar-refractivity contribution in [3.05, 3.63) is 47.8 Å². The van der Waals surface area contributed by atoms with Crippen LogP contribution in [0.4, 0.5) is 4.39 Å². The van der Waals surface area contributed by atoms with E-state index in [-0.39, 0.29) is 30.2 Å². The van der Waals surface area contributed by atoms with Gasteiger partial charge in [-0.05, 0) is 36.6 Å². The second-order valence-electron chi connectivity index (χ2n) is 6.04. The molecule has 2 aliphatic rings. The molecule has 5 nitrogen and oxygen atoms in total. The van der Waals surface area contributed by atoms with E-state index in [9.17, 15) is 17.6 Å². The highest BCUT2D eigenvalue weighted by Gasteiger charge is 2.50. The molecule has 1 amide bonds. The van der Waals surface area contributed by atoms with Crippen molar-refractivity contribution < 1.29 is 17.6 Å². The van der Waals surface area contributed by atoms with Crippen LogP contribution in [-0.4, -0.2) is 44.1 Å². The van der Waals surface area contributed by atoms with Crippen molar-refractivity contribution in [2.24, 2.45) is 5.92 Å². The molecule has 0 unspecified atom stereocenters. The number of carbonyl (C=O) groups is 1. The standard InChI is InChI=1S/C16H19FN2O3S/c1-19-14-10-15(13(14)6-7-16(19)20)23(21,22)18-9-8-11-2-4-12(17)5-3-11/h2-7,13-15,18H,8-10H2,1H3/t13-,14-,15-/m1/s1. The van der Waals surface area contributed by atoms with Gasteiger partial charge in [0, 0.05) is 25.6 Å². The topological polar surface area (TPSA) is 66.5 Å². The zero-order valence-electron chi connectivity index (χ0n) is 12.8. The van der Waals surface area contributed by atoms with E-state index in [1.807, 2.05) is 0 Å². The SMILES string of the molecule is CN1C(=O)C=C[C@@H]2[C@H]1C[C@H]2S(=O)(=O)NCCc1ccc(F)cc1. The second-order valence-corrected chi connectivity index (χ2v) is 8.03. The van der Waals surface area contributed by atoms with Crippen LogP contribution >= 0.6 is 0 Å². The number of nitrogens with one attached hydrogen (secondary N) is 1. The van der Waals surface area contributed by atoms with Crippen molar-refractivity contribution in [1.82, 2.24) is 9.62 Å². The third kappa shape index (κ3) is 3.16. The van der Waals surface area contributed by atoms with Gasteiger partial charge >= 0.3 is 0 Å². The summed E-state index contributed by atoms with van der Waals surface area (Å²) in [7, 11) is -1.72. The molecule has 0 saturated heterocycles. The van der Waals surface area contributed by atoms with Gasteiger partial charge in [0.25, 0.3) is 0 Å². The Bertz CT molecular complexity index is 730. The van der Waals surface area contributed by atoms with Crippen molar-refractivity contribution >= 4 is 15.9 Å². The van der Waals surface area contributed by atoms with Crippen LogP contribution in [0.15, 0.2) is 36.4 Å². The first-order chi connectivity index (χ1) is 10.9. The summed E-state index contributed by atoms with van der Waals surface area (Å²) in [5, 5.41) is -0.493. The number of halogens is 1. The molecule has 1 fully saturated rings. The van der Waals surface area contributed by atoms with Crippen LogP contribution in [0.25, 0.3) is 0 Å². The molecular weight excluding hydrogens is 319 g/mol. The summed E-state index contributed by atoms with van der Waals surface area (Å²) in [6, 6.07) is 5.99. The number of rotatable bonds is 5. The van der Waals surface area contributed by atoms with Crippen molar-refractivity contribution in [2.75, 3.05) is 13.6 Å². The normalized spacial score (nSPS) is 26.8. The van der Waals surface area contributed by atoms with Crippen LogP contribution in [0.2, 0.25) is 0 Å². The molecule has 0 bridgehead atoms. The number of amides is 1. The summed E-state index contributed by atoms with van der Waals surface area (Å²) in [6.45, 7) is 0.278. The molecule has 7 heteroatoms. The lowest BCUT2D eigenvalue weighted by Crippen LogP contribution is -2.61. The lowest BCUT2D eigenvalue weighted by molar-refractivity contribution is -0.130. The molecule has 23 heavy (non-hydrogen) atoms. The Labute approximate surface area is 135 Å². The van der Waals surface area contributed by atoms with E-state index in [2.05, 4.69) is 4.72 Å². The molecule has 1 aliphatic carbocycles. The number of sulfonamides is 1. The predicted molar refractivity (Wildman–Crippen MR) is 84.6 cm³/mol. The fourth-order valence-corrected chi connectivity index (χ4v) is 4.91. The molecule has 1 heterocycles. The predicted octanol–water partition coefficient (Wildman–Crippen LogP) is 1.07. The van der Waals surface area contributed by atoms with Crippen molar-refractivity contribution in [3.63, 3.8) is 0 Å². The number of likely N-dealkylation sites (N-methyl/N-ethyl adjacent to an activating group) is 1. The van der Waals surface area contributed by atoms with Crippen LogP contribution in [0.1, 0.15) is 12.0 Å². The minimum atomic E-state index is -3.43. The molecule has 3 rings (SSSR count). The van der Waals surface area contributed by atoms with Crippen molar-refractivity contribution in [1.29, 1.82) is 0 Å². The highest BCUT2D eigenvalue weighted by molar-refractivity contribution is 7.90. The number of carbonyl (C=O) groups excluding carboxylic acids is 1. The number of fused-ring (bicyclic) bond motifs is 1. The first kappa shape index (κ1) is 16.1. The fourth-order valence-electron chi connectivity index (χ4n) is 3.18. The van der Waals surface area contributed by atoms with Gasteiger partial charge in [0.15, 0.2) is 0 Å². The van der Waals surface area contributed by atoms with Crippen LogP contribution in [0, 0.1) is 11.7 Å². The fraction of sp³-hybridized carbons (Fsp3) is 0.438. The summed E-state index contributed by atoms with van der Waals surface area (Å²) < 4.78 is 40.2. The average Bonchev–Trinajstić information content (AvgIpc) is 2.46. The average molecular weight is 338 g/mol. The largest absolute Gasteiger partial charge is 0.339 e. The maximum Gasteiger partial charge on any atom is 0.246 e. The van der Waals surface area contributed by atoms with Crippen LogP contribution in [-0.2, 0) is 21.2 Å². The third-order valence-electron chi connectivity index (χ3n) is 4.68. The summed E-state index contributed by atoms with van der Waals surface area (Å²) >= 11 is 0. The molecule has 1 N–H and O–H groups in total. The van der Waals surface area contributed by atoms with Crippen LogP contribution < -0.4 is 4.72 Å². The van der Waals surface area contributed by atoms with E-state index in [4.69, 9.17) is 0 Å². The summed E-state index contributed by atoms with van der Waals surface area (Å²) in [5.74, 6) is -0.523. The van der Waals surface area contributed by atoms with E-state index >= 15 is 0 Å². The zero-order chi connectivity index (χ0) is 16.6. The Morgan fingerprint density at radius 1 is 1.30 bits per heavy atom. The molecular formula is C16H19FN2O3S. The van der Waals surface area contributed by atoms with Gasteiger partial charge in [-0.15, -0.1) is 0 Å². The molecule has 1 saturated carbocycles. The van der Waals surface area contributed by atoms with Crippen LogP contribution in [0.5, 0.6) is 0 Å². The minimum Gasteiger partial charge on any atom is -0.339 e. The molecule has 0 radical (unpaired) electrons. The minimum absolute atomic E-state index is 0.0221. The molecule has 1 aromatic rings. The van der Waals surface area contributed by atoms with Gasteiger partial charge in [0.05, 0.1) is 5.25 Å². The number of benzene rings is 1. The molecule has 1 aromatic carbocycles. The van der Waals surface area contributed by atoms with Gasteiger partial charge in [-0.1, -0.05) is 18.2 Å². The van der Waals surface area contributed by atoms with Crippen molar-refractivity contribution in [3.8, 4) is 0 Å². The summed E-state index contributed by atoms with van der Waals surface area (Å²) in [5.41, 5.74) is 0.878. The van der Waals surface area contributed by atoms with E-state index in [1.165, 1.54) is 18.2 Å². The number of hydrogen-bond acceptors (Lipinski definition) is 3. The lowest BCUT2D eigenvalue weighted by Gasteiger charge is -2.48. The molecule has 124 valence electrons. The third-order valence-corrected chi connectivity index (χ3v) is 6.59. The first-order valence-corrected chi connectivity index (χ1v) is 9.11. The van der Waals surface area contributed by atoms with Gasteiger partial charge in [-0.25, -0.2) is 17.5 Å². The quantitative estimate of drug-likeness (QED) is 0.873. The smallest absolute Gasteiger partial charge is 0.246 e. The molecule has 1 aliphatic heterocycles. The maximum absolute atomic E-state index is 12.8. The maximum atomic E-state index is 12.8. The van der Waals surface area contributed by atoms with E-state index in [0.29, 0.717) is 12.8 Å². The van der Waals surface area contributed by atoms with Gasteiger partial charge in [-0.3, -0.25) is 4.79 Å². The molecule has 3 atom stereocenters.